The second kappa shape index (κ2) is 7.93. The first-order valence-corrected chi connectivity index (χ1v) is 8.27. The van der Waals surface area contributed by atoms with E-state index in [0.29, 0.717) is 17.3 Å². The molecule has 0 aromatic carbocycles. The zero-order valence-electron chi connectivity index (χ0n) is 12.3. The Hall–Kier alpha value is -1.89. The van der Waals surface area contributed by atoms with E-state index in [1.165, 1.54) is 43.1 Å². The number of carbonyl (C=O) groups is 3. The van der Waals surface area contributed by atoms with Crippen LogP contribution in [0.15, 0.2) is 11.4 Å². The smallest absolute Gasteiger partial charge is 0.306 e. The van der Waals surface area contributed by atoms with E-state index >= 15 is 0 Å². The Morgan fingerprint density at radius 1 is 1.32 bits per heavy atom. The average Bonchev–Trinajstić information content (AvgIpc) is 3.14. The SMILES string of the molecule is NC(=O)c1ccsc1NC(=O)COC(=O)CCC1CCCC1. The normalized spacial score (nSPS) is 14.7. The second-order valence-electron chi connectivity index (χ2n) is 5.43. The zero-order chi connectivity index (χ0) is 15.9. The minimum Gasteiger partial charge on any atom is -0.456 e. The van der Waals surface area contributed by atoms with E-state index in [0.717, 1.165) is 6.42 Å². The van der Waals surface area contributed by atoms with Crippen LogP contribution in [0, 0.1) is 5.92 Å². The van der Waals surface area contributed by atoms with Gasteiger partial charge in [-0.15, -0.1) is 11.3 Å². The van der Waals surface area contributed by atoms with E-state index in [1.54, 1.807) is 5.38 Å². The lowest BCUT2D eigenvalue weighted by Crippen LogP contribution is -2.22. The van der Waals surface area contributed by atoms with Crippen LogP contribution >= 0.6 is 11.3 Å². The topological polar surface area (TPSA) is 98.5 Å². The molecule has 2 amide bonds. The van der Waals surface area contributed by atoms with Gasteiger partial charge in [-0.1, -0.05) is 25.7 Å². The number of thiophene rings is 1. The van der Waals surface area contributed by atoms with Gasteiger partial charge >= 0.3 is 5.97 Å². The standard InChI is InChI=1S/C15H20N2O4S/c16-14(20)11-7-8-22-15(11)17-12(18)9-21-13(19)6-5-10-3-1-2-4-10/h7-8,10H,1-6,9H2,(H2,16,20)(H,17,18). The molecular weight excluding hydrogens is 304 g/mol. The highest BCUT2D eigenvalue weighted by Crippen LogP contribution is 2.28. The summed E-state index contributed by atoms with van der Waals surface area (Å²) in [6, 6.07) is 1.54. The van der Waals surface area contributed by atoms with E-state index < -0.39 is 11.8 Å². The molecule has 0 saturated heterocycles. The Kier molecular flexibility index (Phi) is 5.94. The molecule has 1 heterocycles. The molecule has 1 fully saturated rings. The Morgan fingerprint density at radius 3 is 2.73 bits per heavy atom. The van der Waals surface area contributed by atoms with E-state index in [4.69, 9.17) is 10.5 Å². The van der Waals surface area contributed by atoms with Crippen molar-refractivity contribution in [3.8, 4) is 0 Å². The van der Waals surface area contributed by atoms with Gasteiger partial charge in [-0.2, -0.15) is 0 Å². The molecule has 22 heavy (non-hydrogen) atoms. The van der Waals surface area contributed by atoms with Crippen molar-refractivity contribution < 1.29 is 19.1 Å². The van der Waals surface area contributed by atoms with Crippen molar-refractivity contribution in [1.29, 1.82) is 0 Å². The molecule has 120 valence electrons. The van der Waals surface area contributed by atoms with Gasteiger partial charge in [0.2, 0.25) is 0 Å². The molecule has 0 bridgehead atoms. The number of nitrogens with two attached hydrogens (primary N) is 1. The fourth-order valence-corrected chi connectivity index (χ4v) is 3.41. The van der Waals surface area contributed by atoms with Crippen molar-refractivity contribution >= 4 is 34.1 Å². The van der Waals surface area contributed by atoms with Crippen LogP contribution in [0.25, 0.3) is 0 Å². The molecule has 3 N–H and O–H groups in total. The van der Waals surface area contributed by atoms with Gasteiger partial charge in [0, 0.05) is 6.42 Å². The van der Waals surface area contributed by atoms with E-state index in [2.05, 4.69) is 5.32 Å². The maximum Gasteiger partial charge on any atom is 0.306 e. The Bertz CT molecular complexity index is 549. The highest BCUT2D eigenvalue weighted by molar-refractivity contribution is 7.14. The van der Waals surface area contributed by atoms with Gasteiger partial charge in [0.1, 0.15) is 5.00 Å². The molecule has 7 heteroatoms. The first-order chi connectivity index (χ1) is 10.6. The van der Waals surface area contributed by atoms with Crippen LogP contribution in [0.4, 0.5) is 5.00 Å². The van der Waals surface area contributed by atoms with Crippen molar-refractivity contribution in [3.05, 3.63) is 17.0 Å². The number of hydrogen-bond acceptors (Lipinski definition) is 5. The minimum absolute atomic E-state index is 0.255. The van der Waals surface area contributed by atoms with E-state index in [-0.39, 0.29) is 18.1 Å². The number of amides is 2. The highest BCUT2D eigenvalue weighted by Gasteiger charge is 2.17. The van der Waals surface area contributed by atoms with Crippen LogP contribution < -0.4 is 11.1 Å². The molecular formula is C15H20N2O4S. The number of carbonyl (C=O) groups excluding carboxylic acids is 3. The summed E-state index contributed by atoms with van der Waals surface area (Å²) in [5.41, 5.74) is 5.44. The summed E-state index contributed by atoms with van der Waals surface area (Å²) < 4.78 is 4.95. The lowest BCUT2D eigenvalue weighted by molar-refractivity contribution is -0.147. The predicted molar refractivity (Wildman–Crippen MR) is 83.6 cm³/mol. The van der Waals surface area contributed by atoms with Gasteiger partial charge < -0.3 is 15.8 Å². The minimum atomic E-state index is -0.606. The summed E-state index contributed by atoms with van der Waals surface area (Å²) in [6.07, 6.45) is 6.03. The molecule has 1 aromatic heterocycles. The maximum absolute atomic E-state index is 11.7. The van der Waals surface area contributed by atoms with Crippen LogP contribution in [0.2, 0.25) is 0 Å². The van der Waals surface area contributed by atoms with Gasteiger partial charge in [-0.05, 0) is 23.8 Å². The number of esters is 1. The van der Waals surface area contributed by atoms with Crippen LogP contribution in [0.5, 0.6) is 0 Å². The van der Waals surface area contributed by atoms with Crippen molar-refractivity contribution in [2.75, 3.05) is 11.9 Å². The molecule has 1 aliphatic rings. The van der Waals surface area contributed by atoms with Crippen LogP contribution in [0.3, 0.4) is 0 Å². The molecule has 1 aromatic rings. The largest absolute Gasteiger partial charge is 0.456 e. The first kappa shape index (κ1) is 16.5. The van der Waals surface area contributed by atoms with Gasteiger partial charge in [-0.3, -0.25) is 14.4 Å². The summed E-state index contributed by atoms with van der Waals surface area (Å²) >= 11 is 1.19. The molecule has 0 unspecified atom stereocenters. The van der Waals surface area contributed by atoms with E-state index in [1.807, 2.05) is 0 Å². The summed E-state index contributed by atoms with van der Waals surface area (Å²) in [6.45, 7) is -0.348. The lowest BCUT2D eigenvalue weighted by atomic mass is 10.0. The second-order valence-corrected chi connectivity index (χ2v) is 6.34. The number of anilines is 1. The van der Waals surface area contributed by atoms with Crippen molar-refractivity contribution in [1.82, 2.24) is 0 Å². The summed E-state index contributed by atoms with van der Waals surface area (Å²) in [5, 5.41) is 4.56. The van der Waals surface area contributed by atoms with Crippen molar-refractivity contribution in [3.63, 3.8) is 0 Å². The van der Waals surface area contributed by atoms with Gasteiger partial charge in [0.25, 0.3) is 11.8 Å². The molecule has 1 aliphatic carbocycles. The Balaban J connectivity index is 1.69. The van der Waals surface area contributed by atoms with E-state index in [9.17, 15) is 14.4 Å². The molecule has 0 aliphatic heterocycles. The predicted octanol–water partition coefficient (Wildman–Crippen LogP) is 2.30. The molecule has 0 atom stereocenters. The summed E-state index contributed by atoms with van der Waals surface area (Å²) in [5.74, 6) is -0.821. The molecule has 2 rings (SSSR count). The third-order valence-electron chi connectivity index (χ3n) is 3.78. The fraction of sp³-hybridized carbons (Fsp3) is 0.533. The number of rotatable bonds is 7. The Labute approximate surface area is 133 Å². The van der Waals surface area contributed by atoms with Crippen LogP contribution in [0.1, 0.15) is 48.9 Å². The maximum atomic E-state index is 11.7. The van der Waals surface area contributed by atoms with Crippen LogP contribution in [-0.4, -0.2) is 24.4 Å². The number of nitrogens with one attached hydrogen (secondary N) is 1. The lowest BCUT2D eigenvalue weighted by Gasteiger charge is -2.09. The highest BCUT2D eigenvalue weighted by atomic mass is 32.1. The molecule has 0 radical (unpaired) electrons. The molecule has 0 spiro atoms. The van der Waals surface area contributed by atoms with Gasteiger partial charge in [0.05, 0.1) is 5.56 Å². The summed E-state index contributed by atoms with van der Waals surface area (Å²) in [7, 11) is 0. The fourth-order valence-electron chi connectivity index (χ4n) is 2.60. The average molecular weight is 324 g/mol. The zero-order valence-corrected chi connectivity index (χ0v) is 13.1. The quantitative estimate of drug-likeness (QED) is 0.752. The van der Waals surface area contributed by atoms with Gasteiger partial charge in [0.15, 0.2) is 6.61 Å². The van der Waals surface area contributed by atoms with Gasteiger partial charge in [-0.25, -0.2) is 0 Å². The van der Waals surface area contributed by atoms with Crippen LogP contribution in [-0.2, 0) is 14.3 Å². The monoisotopic (exact) mass is 324 g/mol. The van der Waals surface area contributed by atoms with Crippen molar-refractivity contribution in [2.24, 2.45) is 11.7 Å². The molecule has 1 saturated carbocycles. The third kappa shape index (κ3) is 4.84. The molecule has 6 nitrogen and oxygen atoms in total. The number of primary amides is 1. The number of ether oxygens (including phenoxy) is 1. The van der Waals surface area contributed by atoms with Crippen molar-refractivity contribution in [2.45, 2.75) is 38.5 Å². The third-order valence-corrected chi connectivity index (χ3v) is 4.61. The first-order valence-electron chi connectivity index (χ1n) is 7.39. The summed E-state index contributed by atoms with van der Waals surface area (Å²) in [4.78, 5) is 34.5. The number of hydrogen-bond donors (Lipinski definition) is 2. The Morgan fingerprint density at radius 2 is 2.05 bits per heavy atom.